The van der Waals surface area contributed by atoms with E-state index in [2.05, 4.69) is 10.6 Å². The van der Waals surface area contributed by atoms with Crippen LogP contribution in [0.2, 0.25) is 0 Å². The van der Waals surface area contributed by atoms with Crippen molar-refractivity contribution in [3.8, 4) is 0 Å². The molecule has 0 aliphatic heterocycles. The van der Waals surface area contributed by atoms with Gasteiger partial charge in [0.1, 0.15) is 5.82 Å². The zero-order valence-corrected chi connectivity index (χ0v) is 16.8. The van der Waals surface area contributed by atoms with E-state index >= 15 is 0 Å². The highest BCUT2D eigenvalue weighted by atomic mass is 35.5. The van der Waals surface area contributed by atoms with E-state index in [-0.39, 0.29) is 36.6 Å². The minimum atomic E-state index is -0.676. The summed E-state index contributed by atoms with van der Waals surface area (Å²) >= 11 is 0. The summed E-state index contributed by atoms with van der Waals surface area (Å²) in [5.41, 5.74) is 7.14. The van der Waals surface area contributed by atoms with Gasteiger partial charge in [-0.05, 0) is 24.0 Å². The minimum Gasteiger partial charge on any atom is -0.347 e. The molecule has 4 N–H and O–H groups in total. The Morgan fingerprint density at radius 3 is 2.25 bits per heavy atom. The SMILES string of the molecule is CC(C)[C@H](N)C(=O)NCC(=O)NC(Cc1ccccc1)c1ccccc1F.Cl. The molecule has 0 saturated carbocycles. The molecule has 2 rings (SSSR count). The molecule has 0 heterocycles. The molecule has 2 amide bonds. The van der Waals surface area contributed by atoms with Crippen molar-refractivity contribution >= 4 is 24.2 Å². The molecule has 2 aromatic carbocycles. The molecule has 2 atom stereocenters. The van der Waals surface area contributed by atoms with Crippen molar-refractivity contribution in [1.82, 2.24) is 10.6 Å². The number of nitrogens with one attached hydrogen (secondary N) is 2. The van der Waals surface area contributed by atoms with Gasteiger partial charge in [-0.2, -0.15) is 0 Å². The topological polar surface area (TPSA) is 84.2 Å². The van der Waals surface area contributed by atoms with Crippen molar-refractivity contribution in [2.75, 3.05) is 6.54 Å². The third-order valence-corrected chi connectivity index (χ3v) is 4.34. The van der Waals surface area contributed by atoms with Crippen LogP contribution in [0.15, 0.2) is 54.6 Å². The molecular formula is C21H27ClFN3O2. The van der Waals surface area contributed by atoms with E-state index in [0.717, 1.165) is 5.56 Å². The van der Waals surface area contributed by atoms with Gasteiger partial charge in [-0.3, -0.25) is 9.59 Å². The number of hydrogen-bond acceptors (Lipinski definition) is 3. The maximum absolute atomic E-state index is 14.3. The first-order valence-electron chi connectivity index (χ1n) is 8.99. The molecule has 0 aliphatic rings. The summed E-state index contributed by atoms with van der Waals surface area (Å²) in [5, 5.41) is 5.34. The largest absolute Gasteiger partial charge is 0.347 e. The van der Waals surface area contributed by atoms with Crippen LogP contribution in [0.3, 0.4) is 0 Å². The van der Waals surface area contributed by atoms with Crippen LogP contribution in [-0.4, -0.2) is 24.4 Å². The van der Waals surface area contributed by atoms with Crippen LogP contribution in [0, 0.1) is 11.7 Å². The van der Waals surface area contributed by atoms with Crippen molar-refractivity contribution in [1.29, 1.82) is 0 Å². The smallest absolute Gasteiger partial charge is 0.239 e. The number of hydrogen-bond donors (Lipinski definition) is 3. The second-order valence-corrected chi connectivity index (χ2v) is 6.82. The molecule has 7 heteroatoms. The fourth-order valence-electron chi connectivity index (χ4n) is 2.68. The summed E-state index contributed by atoms with van der Waals surface area (Å²) in [7, 11) is 0. The fraction of sp³-hybridized carbons (Fsp3) is 0.333. The quantitative estimate of drug-likeness (QED) is 0.629. The van der Waals surface area contributed by atoms with Gasteiger partial charge in [0.25, 0.3) is 0 Å². The first-order valence-corrected chi connectivity index (χ1v) is 8.99. The maximum atomic E-state index is 14.3. The fourth-order valence-corrected chi connectivity index (χ4v) is 2.68. The highest BCUT2D eigenvalue weighted by Gasteiger charge is 2.21. The van der Waals surface area contributed by atoms with E-state index in [4.69, 9.17) is 5.73 Å². The molecule has 0 radical (unpaired) electrons. The lowest BCUT2D eigenvalue weighted by molar-refractivity contribution is -0.127. The highest BCUT2D eigenvalue weighted by molar-refractivity contribution is 5.87. The summed E-state index contributed by atoms with van der Waals surface area (Å²) < 4.78 is 14.3. The Bertz CT molecular complexity index is 771. The monoisotopic (exact) mass is 407 g/mol. The summed E-state index contributed by atoms with van der Waals surface area (Å²) in [5.74, 6) is -1.20. The molecule has 0 saturated heterocycles. The zero-order valence-electron chi connectivity index (χ0n) is 16.0. The first kappa shape index (κ1) is 23.6. The number of benzene rings is 2. The normalized spacial score (nSPS) is 12.6. The van der Waals surface area contributed by atoms with Gasteiger partial charge in [0, 0.05) is 5.56 Å². The van der Waals surface area contributed by atoms with Gasteiger partial charge < -0.3 is 16.4 Å². The van der Waals surface area contributed by atoms with Crippen molar-refractivity contribution in [2.24, 2.45) is 11.7 Å². The Hall–Kier alpha value is -2.44. The third-order valence-electron chi connectivity index (χ3n) is 4.34. The van der Waals surface area contributed by atoms with Crippen LogP contribution in [0.4, 0.5) is 4.39 Å². The lowest BCUT2D eigenvalue weighted by Crippen LogP contribution is -2.47. The number of amides is 2. The molecule has 0 spiro atoms. The number of carbonyl (C=O) groups is 2. The van der Waals surface area contributed by atoms with Gasteiger partial charge in [0.2, 0.25) is 11.8 Å². The van der Waals surface area contributed by atoms with Crippen LogP contribution in [0.1, 0.15) is 31.0 Å². The van der Waals surface area contributed by atoms with E-state index < -0.39 is 18.0 Å². The Morgan fingerprint density at radius 1 is 1.04 bits per heavy atom. The molecule has 152 valence electrons. The van der Waals surface area contributed by atoms with Crippen LogP contribution in [0.5, 0.6) is 0 Å². The van der Waals surface area contributed by atoms with Crippen LogP contribution in [0.25, 0.3) is 0 Å². The predicted octanol–water partition coefficient (Wildman–Crippen LogP) is 2.75. The van der Waals surface area contributed by atoms with Gasteiger partial charge in [-0.25, -0.2) is 4.39 Å². The summed E-state index contributed by atoms with van der Waals surface area (Å²) in [6.45, 7) is 3.45. The lowest BCUT2D eigenvalue weighted by atomic mass is 9.98. The second kappa shape index (κ2) is 11.4. The number of halogens is 2. The van der Waals surface area contributed by atoms with Crippen molar-refractivity contribution in [2.45, 2.75) is 32.4 Å². The third kappa shape index (κ3) is 6.94. The molecule has 0 fully saturated rings. The van der Waals surface area contributed by atoms with Gasteiger partial charge in [-0.1, -0.05) is 62.4 Å². The first-order chi connectivity index (χ1) is 12.9. The van der Waals surface area contributed by atoms with E-state index in [9.17, 15) is 14.0 Å². The number of carbonyl (C=O) groups excluding carboxylic acids is 2. The Kier molecular flexibility index (Phi) is 9.62. The Labute approximate surface area is 171 Å². The van der Waals surface area contributed by atoms with E-state index in [1.165, 1.54) is 6.07 Å². The zero-order chi connectivity index (χ0) is 19.8. The summed E-state index contributed by atoms with van der Waals surface area (Å²) in [6, 6.07) is 14.6. The van der Waals surface area contributed by atoms with Crippen molar-refractivity contribution < 1.29 is 14.0 Å². The molecule has 5 nitrogen and oxygen atoms in total. The minimum absolute atomic E-state index is 0. The molecule has 2 aromatic rings. The average Bonchev–Trinajstić information content (AvgIpc) is 2.66. The predicted molar refractivity (Wildman–Crippen MR) is 111 cm³/mol. The molecule has 0 bridgehead atoms. The highest BCUT2D eigenvalue weighted by Crippen LogP contribution is 2.21. The molecule has 28 heavy (non-hydrogen) atoms. The van der Waals surface area contributed by atoms with Crippen LogP contribution < -0.4 is 16.4 Å². The van der Waals surface area contributed by atoms with Gasteiger partial charge >= 0.3 is 0 Å². The van der Waals surface area contributed by atoms with E-state index in [0.29, 0.717) is 12.0 Å². The van der Waals surface area contributed by atoms with Crippen LogP contribution >= 0.6 is 12.4 Å². The Morgan fingerprint density at radius 2 is 1.64 bits per heavy atom. The second-order valence-electron chi connectivity index (χ2n) is 6.82. The van der Waals surface area contributed by atoms with Crippen molar-refractivity contribution in [3.05, 3.63) is 71.5 Å². The van der Waals surface area contributed by atoms with Gasteiger partial charge in [0.15, 0.2) is 0 Å². The molecule has 0 aliphatic carbocycles. The van der Waals surface area contributed by atoms with Gasteiger partial charge in [0.05, 0.1) is 18.6 Å². The van der Waals surface area contributed by atoms with E-state index in [1.54, 1.807) is 18.2 Å². The van der Waals surface area contributed by atoms with E-state index in [1.807, 2.05) is 44.2 Å². The Balaban J connectivity index is 0.00000392. The number of nitrogens with two attached hydrogens (primary N) is 1. The molecular weight excluding hydrogens is 381 g/mol. The van der Waals surface area contributed by atoms with Crippen molar-refractivity contribution in [3.63, 3.8) is 0 Å². The summed E-state index contributed by atoms with van der Waals surface area (Å²) in [6.07, 6.45) is 0.437. The average molecular weight is 408 g/mol. The van der Waals surface area contributed by atoms with Crippen LogP contribution in [-0.2, 0) is 16.0 Å². The van der Waals surface area contributed by atoms with Gasteiger partial charge in [-0.15, -0.1) is 12.4 Å². The molecule has 1 unspecified atom stereocenters. The summed E-state index contributed by atoms with van der Waals surface area (Å²) in [4.78, 5) is 24.2. The number of rotatable bonds is 8. The lowest BCUT2D eigenvalue weighted by Gasteiger charge is -2.21. The molecule has 0 aromatic heterocycles. The standard InChI is InChI=1S/C21H26FN3O2.ClH/c1-14(2)20(23)21(27)24-13-19(26)25-18(12-15-8-4-3-5-9-15)16-10-6-7-11-17(16)22;/h3-11,14,18,20H,12-13,23H2,1-2H3,(H,24,27)(H,25,26);1H/t18?,20-;/m0./s1. The maximum Gasteiger partial charge on any atom is 0.239 e.